The highest BCUT2D eigenvalue weighted by atomic mass is 16.6. The van der Waals surface area contributed by atoms with Gasteiger partial charge in [-0.05, 0) is 77.0 Å². The fraction of sp³-hybridized carbons (Fsp3) is 0.842. The van der Waals surface area contributed by atoms with Crippen molar-refractivity contribution in [3.63, 3.8) is 0 Å². The maximum absolute atomic E-state index is 12.8. The molecular formula is C57H104O6. The number of hydrogen-bond donors (Lipinski definition) is 0. The van der Waals surface area contributed by atoms with Crippen LogP contribution in [0.15, 0.2) is 36.5 Å². The van der Waals surface area contributed by atoms with Gasteiger partial charge in [0.1, 0.15) is 13.2 Å². The molecule has 0 rings (SSSR count). The average Bonchev–Trinajstić information content (AvgIpc) is 3.28. The van der Waals surface area contributed by atoms with Gasteiger partial charge in [-0.25, -0.2) is 0 Å². The highest BCUT2D eigenvalue weighted by Gasteiger charge is 2.19. The van der Waals surface area contributed by atoms with E-state index in [1.165, 1.54) is 180 Å². The summed E-state index contributed by atoms with van der Waals surface area (Å²) in [7, 11) is 0. The Morgan fingerprint density at radius 3 is 0.937 bits per heavy atom. The Morgan fingerprint density at radius 2 is 0.571 bits per heavy atom. The fourth-order valence-electron chi connectivity index (χ4n) is 7.94. The Kier molecular flexibility index (Phi) is 50.3. The van der Waals surface area contributed by atoms with Gasteiger partial charge in [0.25, 0.3) is 0 Å². The predicted molar refractivity (Wildman–Crippen MR) is 270 cm³/mol. The van der Waals surface area contributed by atoms with Crippen molar-refractivity contribution in [1.29, 1.82) is 0 Å². The predicted octanol–water partition coefficient (Wildman–Crippen LogP) is 18.1. The van der Waals surface area contributed by atoms with E-state index in [1.807, 2.05) is 0 Å². The number of ether oxygens (including phenoxy) is 3. The summed E-state index contributed by atoms with van der Waals surface area (Å²) in [4.78, 5) is 38.0. The summed E-state index contributed by atoms with van der Waals surface area (Å²) in [6, 6.07) is 0. The van der Waals surface area contributed by atoms with Crippen molar-refractivity contribution in [2.75, 3.05) is 13.2 Å². The molecule has 0 saturated heterocycles. The van der Waals surface area contributed by atoms with E-state index in [0.717, 1.165) is 70.6 Å². The molecule has 63 heavy (non-hydrogen) atoms. The molecule has 0 aliphatic carbocycles. The molecule has 0 fully saturated rings. The van der Waals surface area contributed by atoms with Crippen molar-refractivity contribution in [3.05, 3.63) is 36.5 Å². The van der Waals surface area contributed by atoms with Crippen LogP contribution in [0.1, 0.15) is 290 Å². The molecular weight excluding hydrogens is 781 g/mol. The van der Waals surface area contributed by atoms with Gasteiger partial charge in [-0.1, -0.05) is 231 Å². The number of esters is 3. The minimum absolute atomic E-state index is 0.0734. The first kappa shape index (κ1) is 60.6. The molecule has 0 aliphatic heterocycles. The lowest BCUT2D eigenvalue weighted by Gasteiger charge is -2.18. The molecule has 0 saturated carbocycles. The number of unbranched alkanes of at least 4 members (excludes halogenated alkanes) is 33. The van der Waals surface area contributed by atoms with Crippen LogP contribution in [-0.2, 0) is 28.6 Å². The van der Waals surface area contributed by atoms with Crippen LogP contribution in [0.2, 0.25) is 0 Å². The molecule has 0 unspecified atom stereocenters. The van der Waals surface area contributed by atoms with Crippen LogP contribution in [0.4, 0.5) is 0 Å². The topological polar surface area (TPSA) is 78.9 Å². The van der Waals surface area contributed by atoms with Crippen LogP contribution >= 0.6 is 0 Å². The van der Waals surface area contributed by atoms with E-state index in [4.69, 9.17) is 14.2 Å². The summed E-state index contributed by atoms with van der Waals surface area (Å²) in [5, 5.41) is 0. The molecule has 6 nitrogen and oxygen atoms in total. The molecule has 0 aromatic heterocycles. The van der Waals surface area contributed by atoms with Crippen LogP contribution in [0.5, 0.6) is 0 Å². The lowest BCUT2D eigenvalue weighted by Crippen LogP contribution is -2.30. The molecule has 0 aromatic rings. The van der Waals surface area contributed by atoms with Crippen molar-refractivity contribution in [2.45, 2.75) is 297 Å². The van der Waals surface area contributed by atoms with Crippen molar-refractivity contribution in [3.8, 4) is 0 Å². The van der Waals surface area contributed by atoms with Crippen LogP contribution in [0.25, 0.3) is 0 Å². The minimum atomic E-state index is -0.774. The zero-order valence-corrected chi connectivity index (χ0v) is 42.1. The second-order valence-corrected chi connectivity index (χ2v) is 18.5. The Morgan fingerprint density at radius 1 is 0.317 bits per heavy atom. The van der Waals surface area contributed by atoms with E-state index in [1.54, 1.807) is 0 Å². The third-order valence-electron chi connectivity index (χ3n) is 12.1. The highest BCUT2D eigenvalue weighted by molar-refractivity contribution is 5.71. The normalized spacial score (nSPS) is 12.2. The Bertz CT molecular complexity index is 1060. The standard InChI is InChI=1S/C57H104O6/c1-4-7-10-13-16-19-22-25-27-28-30-33-36-39-42-45-48-51-57(60)63-54(52-61-55(58)49-46-43-40-37-34-31-24-21-18-15-12-9-6-3)53-62-56(59)50-47-44-41-38-35-32-29-26-23-20-17-14-11-8-5-2/h16,19-20,23,25,27,54H,4-15,17-18,21-22,24,26,28-53H2,1-3H3/b19-16-,23-20-,27-25-/t54-/m0/s1. The Labute approximate surface area is 391 Å². The quantitative estimate of drug-likeness (QED) is 0.0262. The van der Waals surface area contributed by atoms with Crippen molar-refractivity contribution < 1.29 is 28.6 Å². The van der Waals surface area contributed by atoms with E-state index >= 15 is 0 Å². The molecule has 0 spiro atoms. The van der Waals surface area contributed by atoms with Gasteiger partial charge in [0.15, 0.2) is 6.10 Å². The first-order valence-electron chi connectivity index (χ1n) is 27.5. The SMILES string of the molecule is CCCCC/C=C\C/C=C\CCCCCCCCCC(=O)O[C@H](COC(=O)CCCCCCCCC/C=C\CCCCCC)COC(=O)CCCCCCCCCCCCCCC. The largest absolute Gasteiger partial charge is 0.462 e. The maximum Gasteiger partial charge on any atom is 0.306 e. The van der Waals surface area contributed by atoms with Crippen LogP contribution in [-0.4, -0.2) is 37.2 Å². The molecule has 368 valence electrons. The molecule has 0 bridgehead atoms. The average molecular weight is 885 g/mol. The summed E-state index contributed by atoms with van der Waals surface area (Å²) < 4.78 is 16.8. The molecule has 0 aromatic carbocycles. The molecule has 0 radical (unpaired) electrons. The number of hydrogen-bond acceptors (Lipinski definition) is 6. The van der Waals surface area contributed by atoms with Gasteiger partial charge < -0.3 is 14.2 Å². The third-order valence-corrected chi connectivity index (χ3v) is 12.1. The Hall–Kier alpha value is -2.37. The summed E-state index contributed by atoms with van der Waals surface area (Å²) in [5.74, 6) is -0.872. The number of rotatable bonds is 50. The molecule has 0 heterocycles. The maximum atomic E-state index is 12.8. The third kappa shape index (κ3) is 50.5. The lowest BCUT2D eigenvalue weighted by atomic mass is 10.0. The molecule has 6 heteroatoms. The van der Waals surface area contributed by atoms with Gasteiger partial charge in [0, 0.05) is 19.3 Å². The molecule has 0 amide bonds. The zero-order valence-electron chi connectivity index (χ0n) is 42.1. The van der Waals surface area contributed by atoms with Crippen LogP contribution in [0, 0.1) is 0 Å². The highest BCUT2D eigenvalue weighted by Crippen LogP contribution is 2.16. The molecule has 0 aliphatic rings. The van der Waals surface area contributed by atoms with Crippen LogP contribution in [0.3, 0.4) is 0 Å². The van der Waals surface area contributed by atoms with E-state index in [0.29, 0.717) is 19.3 Å². The summed E-state index contributed by atoms with van der Waals surface area (Å²) >= 11 is 0. The lowest BCUT2D eigenvalue weighted by molar-refractivity contribution is -0.167. The second kappa shape index (κ2) is 52.3. The first-order valence-corrected chi connectivity index (χ1v) is 27.5. The number of carbonyl (C=O) groups excluding carboxylic acids is 3. The fourth-order valence-corrected chi connectivity index (χ4v) is 7.94. The zero-order chi connectivity index (χ0) is 45.8. The number of allylic oxidation sites excluding steroid dienone is 6. The smallest absolute Gasteiger partial charge is 0.306 e. The van der Waals surface area contributed by atoms with E-state index in [9.17, 15) is 14.4 Å². The van der Waals surface area contributed by atoms with Gasteiger partial charge in [0.2, 0.25) is 0 Å². The van der Waals surface area contributed by atoms with Crippen molar-refractivity contribution >= 4 is 17.9 Å². The number of carbonyl (C=O) groups is 3. The molecule has 0 N–H and O–H groups in total. The van der Waals surface area contributed by atoms with Crippen molar-refractivity contribution in [1.82, 2.24) is 0 Å². The summed E-state index contributed by atoms with van der Waals surface area (Å²) in [6.45, 7) is 6.62. The minimum Gasteiger partial charge on any atom is -0.462 e. The van der Waals surface area contributed by atoms with E-state index < -0.39 is 6.10 Å². The monoisotopic (exact) mass is 885 g/mol. The van der Waals surface area contributed by atoms with Crippen LogP contribution < -0.4 is 0 Å². The first-order chi connectivity index (χ1) is 31.0. The second-order valence-electron chi connectivity index (χ2n) is 18.5. The van der Waals surface area contributed by atoms with E-state index in [-0.39, 0.29) is 31.1 Å². The van der Waals surface area contributed by atoms with Crippen molar-refractivity contribution in [2.24, 2.45) is 0 Å². The molecule has 1 atom stereocenters. The van der Waals surface area contributed by atoms with Gasteiger partial charge in [-0.15, -0.1) is 0 Å². The van der Waals surface area contributed by atoms with Gasteiger partial charge in [0.05, 0.1) is 0 Å². The Balaban J connectivity index is 4.36. The van der Waals surface area contributed by atoms with Gasteiger partial charge in [-0.2, -0.15) is 0 Å². The summed E-state index contributed by atoms with van der Waals surface area (Å²) in [6.07, 6.45) is 61.2. The summed E-state index contributed by atoms with van der Waals surface area (Å²) in [5.41, 5.74) is 0. The van der Waals surface area contributed by atoms with Gasteiger partial charge >= 0.3 is 17.9 Å². The van der Waals surface area contributed by atoms with E-state index in [2.05, 4.69) is 57.2 Å². The van der Waals surface area contributed by atoms with Gasteiger partial charge in [-0.3, -0.25) is 14.4 Å².